The Morgan fingerprint density at radius 2 is 1.67 bits per heavy atom. The molecule has 1 atom stereocenters. The summed E-state index contributed by atoms with van der Waals surface area (Å²) in [6.07, 6.45) is 2.34. The molecule has 4 rings (SSSR count). The smallest absolute Gasteiger partial charge is 0.253 e. The maximum absolute atomic E-state index is 13.8. The molecule has 0 N–H and O–H groups in total. The number of carbonyl (C=O) groups excluding carboxylic acids is 2. The highest BCUT2D eigenvalue weighted by Crippen LogP contribution is 2.27. The monoisotopic (exact) mass is 496 g/mol. The van der Waals surface area contributed by atoms with Gasteiger partial charge in [-0.25, -0.2) is 8.78 Å². The van der Waals surface area contributed by atoms with Crippen LogP contribution in [-0.2, 0) is 4.79 Å². The van der Waals surface area contributed by atoms with Gasteiger partial charge in [-0.2, -0.15) is 0 Å². The minimum atomic E-state index is -0.734. The van der Waals surface area contributed by atoms with Gasteiger partial charge in [-0.05, 0) is 43.2 Å². The minimum Gasteiger partial charge on any atom is -0.487 e. The van der Waals surface area contributed by atoms with Crippen LogP contribution in [0.1, 0.15) is 36.0 Å². The summed E-state index contributed by atoms with van der Waals surface area (Å²) in [5.74, 6) is -1.78. The van der Waals surface area contributed by atoms with Crippen LogP contribution in [0.2, 0.25) is 10.0 Å². The minimum absolute atomic E-state index is 0.0184. The van der Waals surface area contributed by atoms with Crippen LogP contribution in [-0.4, -0.2) is 53.9 Å². The fourth-order valence-electron chi connectivity index (χ4n) is 4.38. The Morgan fingerprint density at radius 1 is 0.909 bits per heavy atom. The van der Waals surface area contributed by atoms with Crippen molar-refractivity contribution in [2.75, 3.05) is 26.2 Å². The second-order valence-corrected chi connectivity index (χ2v) is 9.25. The molecule has 0 spiro atoms. The average Bonchev–Trinajstić information content (AvgIpc) is 2.82. The molecule has 0 aliphatic carbocycles. The van der Waals surface area contributed by atoms with E-state index in [-0.39, 0.29) is 29.6 Å². The highest BCUT2D eigenvalue weighted by molar-refractivity contribution is 6.42. The molecular formula is C24H24Cl2F2N2O3. The van der Waals surface area contributed by atoms with Gasteiger partial charge in [0.05, 0.1) is 16.0 Å². The molecule has 2 aliphatic rings. The van der Waals surface area contributed by atoms with Crippen LogP contribution in [0.25, 0.3) is 0 Å². The van der Waals surface area contributed by atoms with Crippen molar-refractivity contribution < 1.29 is 23.1 Å². The molecule has 33 heavy (non-hydrogen) atoms. The summed E-state index contributed by atoms with van der Waals surface area (Å²) in [7, 11) is 0. The molecule has 0 bridgehead atoms. The number of ether oxygens (including phenoxy) is 1. The summed E-state index contributed by atoms with van der Waals surface area (Å²) in [5, 5.41) is 0.701. The number of hydrogen-bond acceptors (Lipinski definition) is 3. The van der Waals surface area contributed by atoms with E-state index in [1.54, 1.807) is 28.0 Å². The number of rotatable bonds is 4. The van der Waals surface area contributed by atoms with Gasteiger partial charge in [0, 0.05) is 50.7 Å². The quantitative estimate of drug-likeness (QED) is 0.584. The number of likely N-dealkylation sites (tertiary alicyclic amines) is 2. The van der Waals surface area contributed by atoms with Crippen LogP contribution in [0.15, 0.2) is 36.4 Å². The Labute approximate surface area is 201 Å². The first-order valence-corrected chi connectivity index (χ1v) is 11.7. The molecule has 0 radical (unpaired) electrons. The van der Waals surface area contributed by atoms with E-state index >= 15 is 0 Å². The number of halogens is 4. The van der Waals surface area contributed by atoms with E-state index in [1.807, 2.05) is 0 Å². The van der Waals surface area contributed by atoms with Crippen LogP contribution in [0, 0.1) is 17.6 Å². The third-order valence-electron chi connectivity index (χ3n) is 6.17. The molecule has 9 heteroatoms. The lowest BCUT2D eigenvalue weighted by atomic mass is 9.94. The van der Waals surface area contributed by atoms with E-state index in [1.165, 1.54) is 6.07 Å². The van der Waals surface area contributed by atoms with Crippen molar-refractivity contribution in [3.05, 3.63) is 63.6 Å². The SMILES string of the molecule is O=C(c1ccc(Cl)c(Cl)c1)N1CCCC(C(=O)N2CCC(Oc3ccc(F)cc3F)CC2)C1. The molecule has 2 saturated heterocycles. The van der Waals surface area contributed by atoms with E-state index in [0.717, 1.165) is 25.0 Å². The zero-order chi connectivity index (χ0) is 23.5. The molecule has 1 unspecified atom stereocenters. The third-order valence-corrected chi connectivity index (χ3v) is 6.90. The fraction of sp³-hybridized carbons (Fsp3) is 0.417. The van der Waals surface area contributed by atoms with E-state index < -0.39 is 11.6 Å². The van der Waals surface area contributed by atoms with Gasteiger partial charge >= 0.3 is 0 Å². The van der Waals surface area contributed by atoms with Gasteiger partial charge in [0.15, 0.2) is 11.6 Å². The zero-order valence-corrected chi connectivity index (χ0v) is 19.4. The topological polar surface area (TPSA) is 49.9 Å². The van der Waals surface area contributed by atoms with Crippen LogP contribution >= 0.6 is 23.2 Å². The molecule has 5 nitrogen and oxygen atoms in total. The fourth-order valence-corrected chi connectivity index (χ4v) is 4.68. The maximum Gasteiger partial charge on any atom is 0.253 e. The van der Waals surface area contributed by atoms with Crippen molar-refractivity contribution >= 4 is 35.0 Å². The molecular weight excluding hydrogens is 473 g/mol. The number of amides is 2. The summed E-state index contributed by atoms with van der Waals surface area (Å²) in [6.45, 7) is 1.92. The molecule has 2 fully saturated rings. The highest BCUT2D eigenvalue weighted by Gasteiger charge is 2.33. The van der Waals surface area contributed by atoms with Gasteiger partial charge < -0.3 is 14.5 Å². The molecule has 2 aromatic carbocycles. The highest BCUT2D eigenvalue weighted by atomic mass is 35.5. The van der Waals surface area contributed by atoms with Crippen LogP contribution in [0.3, 0.4) is 0 Å². The van der Waals surface area contributed by atoms with Crippen molar-refractivity contribution in [1.82, 2.24) is 9.80 Å². The molecule has 2 aliphatic heterocycles. The summed E-state index contributed by atoms with van der Waals surface area (Å²) in [5.41, 5.74) is 0.448. The normalized spacial score (nSPS) is 19.5. The summed E-state index contributed by atoms with van der Waals surface area (Å²) in [6, 6.07) is 8.01. The molecule has 2 heterocycles. The lowest BCUT2D eigenvalue weighted by molar-refractivity contribution is -0.138. The van der Waals surface area contributed by atoms with Crippen LogP contribution < -0.4 is 4.74 Å². The number of hydrogen-bond donors (Lipinski definition) is 0. The van der Waals surface area contributed by atoms with Gasteiger partial charge in [-0.3, -0.25) is 9.59 Å². The van der Waals surface area contributed by atoms with Crippen molar-refractivity contribution in [2.45, 2.75) is 31.8 Å². The van der Waals surface area contributed by atoms with E-state index in [2.05, 4.69) is 0 Å². The molecule has 2 aromatic rings. The Kier molecular flexibility index (Phi) is 7.39. The second kappa shape index (κ2) is 10.3. The third kappa shape index (κ3) is 5.58. The number of piperidine rings is 2. The summed E-state index contributed by atoms with van der Waals surface area (Å²) in [4.78, 5) is 29.5. The van der Waals surface area contributed by atoms with Crippen molar-refractivity contribution in [3.8, 4) is 5.75 Å². The Bertz CT molecular complexity index is 1040. The summed E-state index contributed by atoms with van der Waals surface area (Å²) >= 11 is 12.0. The molecule has 0 aromatic heterocycles. The van der Waals surface area contributed by atoms with E-state index in [4.69, 9.17) is 27.9 Å². The number of carbonyl (C=O) groups is 2. The van der Waals surface area contributed by atoms with Gasteiger partial charge in [0.25, 0.3) is 5.91 Å². The largest absolute Gasteiger partial charge is 0.487 e. The standard InChI is InChI=1S/C24H24Cl2F2N2O3/c25-19-5-3-15(12-20(19)26)23(31)30-9-1-2-16(14-30)24(32)29-10-7-18(8-11-29)33-22-6-4-17(27)13-21(22)28/h3-6,12-13,16,18H,1-2,7-11,14H2. The maximum atomic E-state index is 13.8. The summed E-state index contributed by atoms with van der Waals surface area (Å²) < 4.78 is 32.6. The molecule has 176 valence electrons. The lowest BCUT2D eigenvalue weighted by Gasteiger charge is -2.38. The van der Waals surface area contributed by atoms with Gasteiger partial charge in [0.1, 0.15) is 11.9 Å². The lowest BCUT2D eigenvalue weighted by Crippen LogP contribution is -2.49. The van der Waals surface area contributed by atoms with Gasteiger partial charge in [0.2, 0.25) is 5.91 Å². The average molecular weight is 497 g/mol. The van der Waals surface area contributed by atoms with Gasteiger partial charge in [-0.1, -0.05) is 23.2 Å². The predicted octanol–water partition coefficient (Wildman–Crippen LogP) is 5.19. The predicted molar refractivity (Wildman–Crippen MR) is 122 cm³/mol. The van der Waals surface area contributed by atoms with Crippen LogP contribution in [0.4, 0.5) is 8.78 Å². The van der Waals surface area contributed by atoms with Crippen LogP contribution in [0.5, 0.6) is 5.75 Å². The zero-order valence-electron chi connectivity index (χ0n) is 17.9. The van der Waals surface area contributed by atoms with E-state index in [9.17, 15) is 18.4 Å². The van der Waals surface area contributed by atoms with Crippen molar-refractivity contribution in [1.29, 1.82) is 0 Å². The molecule has 2 amide bonds. The van der Waals surface area contributed by atoms with E-state index in [0.29, 0.717) is 54.6 Å². The second-order valence-electron chi connectivity index (χ2n) is 8.44. The molecule has 0 saturated carbocycles. The van der Waals surface area contributed by atoms with Gasteiger partial charge in [-0.15, -0.1) is 0 Å². The first-order valence-electron chi connectivity index (χ1n) is 11.0. The first-order chi connectivity index (χ1) is 15.8. The van der Waals surface area contributed by atoms with Crippen molar-refractivity contribution in [2.24, 2.45) is 5.92 Å². The Hall–Kier alpha value is -2.38. The Morgan fingerprint density at radius 3 is 2.36 bits per heavy atom. The number of nitrogens with zero attached hydrogens (tertiary/aromatic N) is 2. The van der Waals surface area contributed by atoms with Crippen molar-refractivity contribution in [3.63, 3.8) is 0 Å². The first kappa shape index (κ1) is 23.8. The number of benzene rings is 2. The Balaban J connectivity index is 1.32.